The Morgan fingerprint density at radius 1 is 0.920 bits per heavy atom. The summed E-state index contributed by atoms with van der Waals surface area (Å²) in [5, 5.41) is 0. The molecule has 0 unspecified atom stereocenters. The summed E-state index contributed by atoms with van der Waals surface area (Å²) in [6.45, 7) is 4.90. The van der Waals surface area contributed by atoms with Crippen molar-refractivity contribution >= 4 is 5.97 Å². The van der Waals surface area contributed by atoms with E-state index in [-0.39, 0.29) is 5.97 Å². The molecule has 0 saturated carbocycles. The van der Waals surface area contributed by atoms with E-state index in [9.17, 15) is 4.79 Å². The van der Waals surface area contributed by atoms with Crippen LogP contribution in [0.15, 0.2) is 36.7 Å². The third-order valence-corrected chi connectivity index (χ3v) is 3.72. The fraction of sp³-hybridized carbons (Fsp3) is 0.450. The van der Waals surface area contributed by atoms with Gasteiger partial charge in [0.1, 0.15) is 5.75 Å². The molecule has 0 spiro atoms. The van der Waals surface area contributed by atoms with Crippen molar-refractivity contribution in [2.75, 3.05) is 6.61 Å². The molecule has 1 aromatic heterocycles. The molecule has 0 fully saturated rings. The van der Waals surface area contributed by atoms with Gasteiger partial charge in [0.25, 0.3) is 0 Å². The molecular formula is C20H26N2O3. The van der Waals surface area contributed by atoms with Gasteiger partial charge in [-0.05, 0) is 37.1 Å². The number of unbranched alkanes of at least 4 members (excludes halogenated alkanes) is 3. The second-order valence-electron chi connectivity index (χ2n) is 5.90. The van der Waals surface area contributed by atoms with Crippen molar-refractivity contribution in [1.82, 2.24) is 9.97 Å². The van der Waals surface area contributed by atoms with Crippen LogP contribution in [-0.2, 0) is 4.79 Å². The molecular weight excluding hydrogens is 316 g/mol. The quantitative estimate of drug-likeness (QED) is 0.352. The van der Waals surface area contributed by atoms with Crippen LogP contribution in [0.5, 0.6) is 11.5 Å². The highest BCUT2D eigenvalue weighted by Gasteiger charge is 2.06. The molecule has 0 aliphatic heterocycles. The number of aromatic nitrogens is 2. The molecule has 2 aromatic rings. The highest BCUT2D eigenvalue weighted by molar-refractivity contribution is 5.72. The number of ether oxygens (including phenoxy) is 2. The third kappa shape index (κ3) is 6.53. The van der Waals surface area contributed by atoms with Crippen LogP contribution >= 0.6 is 0 Å². The van der Waals surface area contributed by atoms with Crippen LogP contribution in [0.3, 0.4) is 0 Å². The second kappa shape index (κ2) is 10.4. The first-order valence-corrected chi connectivity index (χ1v) is 8.99. The Kier molecular flexibility index (Phi) is 7.89. The number of carbonyl (C=O) groups excluding carboxylic acids is 1. The van der Waals surface area contributed by atoms with Crippen molar-refractivity contribution in [2.24, 2.45) is 0 Å². The maximum atomic E-state index is 11.6. The summed E-state index contributed by atoms with van der Waals surface area (Å²) in [5.74, 6) is 1.64. The number of esters is 1. The fourth-order valence-corrected chi connectivity index (χ4v) is 2.26. The summed E-state index contributed by atoms with van der Waals surface area (Å²) >= 11 is 0. The molecule has 0 amide bonds. The molecule has 1 heterocycles. The standard InChI is InChI=1S/C20H26N2O3/c1-3-5-7-13-24-18-14-21-20(22-15-18)16-9-11-17(12-10-16)25-19(23)8-6-4-2/h9-12,14-15H,3-8,13H2,1-2H3. The zero-order chi connectivity index (χ0) is 17.9. The Balaban J connectivity index is 1.89. The number of benzene rings is 1. The van der Waals surface area contributed by atoms with E-state index in [1.807, 2.05) is 19.1 Å². The molecule has 5 heteroatoms. The van der Waals surface area contributed by atoms with Gasteiger partial charge in [0.2, 0.25) is 0 Å². The van der Waals surface area contributed by atoms with E-state index in [1.165, 1.54) is 6.42 Å². The van der Waals surface area contributed by atoms with Crippen LogP contribution in [0.2, 0.25) is 0 Å². The smallest absolute Gasteiger partial charge is 0.311 e. The summed E-state index contributed by atoms with van der Waals surface area (Å²) in [5.41, 5.74) is 0.867. The Labute approximate surface area is 149 Å². The Bertz CT molecular complexity index is 639. The number of carbonyl (C=O) groups is 1. The maximum Gasteiger partial charge on any atom is 0.311 e. The number of hydrogen-bond acceptors (Lipinski definition) is 5. The number of rotatable bonds is 10. The SMILES string of the molecule is CCCCCOc1cnc(-c2ccc(OC(=O)CCCC)cc2)nc1. The van der Waals surface area contributed by atoms with Crippen LogP contribution in [0.25, 0.3) is 11.4 Å². The topological polar surface area (TPSA) is 61.3 Å². The van der Waals surface area contributed by atoms with Gasteiger partial charge in [-0.3, -0.25) is 4.79 Å². The van der Waals surface area contributed by atoms with E-state index in [4.69, 9.17) is 9.47 Å². The Hall–Kier alpha value is -2.43. The molecule has 1 aromatic carbocycles. The minimum Gasteiger partial charge on any atom is -0.490 e. The van der Waals surface area contributed by atoms with Crippen molar-refractivity contribution in [1.29, 1.82) is 0 Å². The van der Waals surface area contributed by atoms with Crippen molar-refractivity contribution < 1.29 is 14.3 Å². The van der Waals surface area contributed by atoms with E-state index in [0.29, 0.717) is 30.4 Å². The molecule has 5 nitrogen and oxygen atoms in total. The largest absolute Gasteiger partial charge is 0.490 e. The average molecular weight is 342 g/mol. The Morgan fingerprint density at radius 3 is 2.24 bits per heavy atom. The summed E-state index contributed by atoms with van der Waals surface area (Å²) in [6, 6.07) is 7.22. The summed E-state index contributed by atoms with van der Waals surface area (Å²) < 4.78 is 10.9. The van der Waals surface area contributed by atoms with E-state index < -0.39 is 0 Å². The first kappa shape index (κ1) is 18.9. The molecule has 0 aliphatic rings. The van der Waals surface area contributed by atoms with Crippen LogP contribution in [-0.4, -0.2) is 22.5 Å². The molecule has 0 N–H and O–H groups in total. The fourth-order valence-electron chi connectivity index (χ4n) is 2.26. The lowest BCUT2D eigenvalue weighted by Crippen LogP contribution is -2.07. The molecule has 0 radical (unpaired) electrons. The van der Waals surface area contributed by atoms with Crippen molar-refractivity contribution in [2.45, 2.75) is 52.4 Å². The monoisotopic (exact) mass is 342 g/mol. The molecule has 0 aliphatic carbocycles. The van der Waals surface area contributed by atoms with E-state index in [2.05, 4.69) is 16.9 Å². The molecule has 25 heavy (non-hydrogen) atoms. The summed E-state index contributed by atoms with van der Waals surface area (Å²) in [4.78, 5) is 20.3. The first-order valence-electron chi connectivity index (χ1n) is 8.99. The highest BCUT2D eigenvalue weighted by Crippen LogP contribution is 2.21. The lowest BCUT2D eigenvalue weighted by Gasteiger charge is -2.07. The van der Waals surface area contributed by atoms with Gasteiger partial charge in [0.05, 0.1) is 19.0 Å². The predicted molar refractivity (Wildman–Crippen MR) is 97.6 cm³/mol. The third-order valence-electron chi connectivity index (χ3n) is 3.72. The number of hydrogen-bond donors (Lipinski definition) is 0. The molecule has 134 valence electrons. The zero-order valence-corrected chi connectivity index (χ0v) is 15.0. The lowest BCUT2D eigenvalue weighted by molar-refractivity contribution is -0.134. The van der Waals surface area contributed by atoms with E-state index in [1.54, 1.807) is 24.5 Å². The minimum atomic E-state index is -0.199. The summed E-state index contributed by atoms with van der Waals surface area (Å²) in [6.07, 6.45) is 9.01. The van der Waals surface area contributed by atoms with Gasteiger partial charge in [-0.25, -0.2) is 9.97 Å². The van der Waals surface area contributed by atoms with Crippen LogP contribution < -0.4 is 9.47 Å². The van der Waals surface area contributed by atoms with Crippen molar-refractivity contribution in [3.63, 3.8) is 0 Å². The van der Waals surface area contributed by atoms with E-state index >= 15 is 0 Å². The normalized spacial score (nSPS) is 10.5. The predicted octanol–water partition coefficient (Wildman–Crippen LogP) is 4.81. The first-order chi connectivity index (χ1) is 12.2. The van der Waals surface area contributed by atoms with Crippen LogP contribution in [0.4, 0.5) is 0 Å². The molecule has 0 saturated heterocycles. The molecule has 0 atom stereocenters. The highest BCUT2D eigenvalue weighted by atomic mass is 16.5. The van der Waals surface area contributed by atoms with Crippen LogP contribution in [0.1, 0.15) is 52.4 Å². The Morgan fingerprint density at radius 2 is 1.60 bits per heavy atom. The molecule has 0 bridgehead atoms. The van der Waals surface area contributed by atoms with Gasteiger partial charge in [0, 0.05) is 12.0 Å². The van der Waals surface area contributed by atoms with Gasteiger partial charge in [-0.15, -0.1) is 0 Å². The molecule has 2 rings (SSSR count). The number of nitrogens with zero attached hydrogens (tertiary/aromatic N) is 2. The van der Waals surface area contributed by atoms with Gasteiger partial charge >= 0.3 is 5.97 Å². The van der Waals surface area contributed by atoms with Crippen molar-refractivity contribution in [3.05, 3.63) is 36.7 Å². The van der Waals surface area contributed by atoms with Crippen LogP contribution in [0, 0.1) is 0 Å². The summed E-state index contributed by atoms with van der Waals surface area (Å²) in [7, 11) is 0. The van der Waals surface area contributed by atoms with Gasteiger partial charge in [-0.2, -0.15) is 0 Å². The average Bonchev–Trinajstić information content (AvgIpc) is 2.65. The minimum absolute atomic E-state index is 0.199. The second-order valence-corrected chi connectivity index (χ2v) is 5.90. The maximum absolute atomic E-state index is 11.6. The van der Waals surface area contributed by atoms with E-state index in [0.717, 1.165) is 31.2 Å². The van der Waals surface area contributed by atoms with Crippen molar-refractivity contribution in [3.8, 4) is 22.9 Å². The van der Waals surface area contributed by atoms with Gasteiger partial charge in [-0.1, -0.05) is 33.1 Å². The lowest BCUT2D eigenvalue weighted by atomic mass is 10.2. The van der Waals surface area contributed by atoms with Gasteiger partial charge < -0.3 is 9.47 Å². The van der Waals surface area contributed by atoms with Gasteiger partial charge in [0.15, 0.2) is 11.6 Å². The zero-order valence-electron chi connectivity index (χ0n) is 15.0.